The number of aliphatic hydroxyl groups excluding tert-OH is 1. The van der Waals surface area contributed by atoms with Crippen molar-refractivity contribution in [3.05, 3.63) is 28.8 Å². The van der Waals surface area contributed by atoms with Gasteiger partial charge < -0.3 is 10.4 Å². The van der Waals surface area contributed by atoms with Crippen molar-refractivity contribution in [2.24, 2.45) is 0 Å². The monoisotopic (exact) mass is 250 g/mol. The fourth-order valence-electron chi connectivity index (χ4n) is 2.23. The van der Waals surface area contributed by atoms with Crippen molar-refractivity contribution in [2.45, 2.75) is 37.8 Å². The molecule has 1 aliphatic carbocycles. The Morgan fingerprint density at radius 3 is 2.88 bits per heavy atom. The number of hydrogen-bond acceptors (Lipinski definition) is 3. The molecule has 1 aliphatic rings. The van der Waals surface area contributed by atoms with Crippen LogP contribution in [0.5, 0.6) is 0 Å². The normalized spacial score (nSPS) is 24.1. The van der Waals surface area contributed by atoms with E-state index >= 15 is 0 Å². The number of nitrogens with zero attached hydrogens (tertiary/aromatic N) is 1. The van der Waals surface area contributed by atoms with Crippen molar-refractivity contribution in [3.8, 4) is 6.07 Å². The molecule has 3 nitrogen and oxygen atoms in total. The van der Waals surface area contributed by atoms with Gasteiger partial charge in [0.2, 0.25) is 0 Å². The van der Waals surface area contributed by atoms with Gasteiger partial charge in [-0.1, -0.05) is 11.6 Å². The van der Waals surface area contributed by atoms with Crippen molar-refractivity contribution >= 4 is 17.3 Å². The highest BCUT2D eigenvalue weighted by Crippen LogP contribution is 2.25. The molecule has 2 rings (SSSR count). The molecule has 0 amide bonds. The fraction of sp³-hybridized carbons (Fsp3) is 0.462. The molecule has 0 spiro atoms. The van der Waals surface area contributed by atoms with E-state index in [1.165, 1.54) is 0 Å². The summed E-state index contributed by atoms with van der Waals surface area (Å²) >= 11 is 5.96. The number of benzene rings is 1. The summed E-state index contributed by atoms with van der Waals surface area (Å²) < 4.78 is 0. The van der Waals surface area contributed by atoms with E-state index in [0.29, 0.717) is 16.6 Å². The molecule has 0 bridgehead atoms. The first-order chi connectivity index (χ1) is 8.19. The Bertz CT molecular complexity index is 442. The molecule has 2 unspecified atom stereocenters. The first-order valence-electron chi connectivity index (χ1n) is 5.83. The van der Waals surface area contributed by atoms with Crippen molar-refractivity contribution in [1.82, 2.24) is 0 Å². The number of rotatable bonds is 2. The summed E-state index contributed by atoms with van der Waals surface area (Å²) in [5.74, 6) is 0. The van der Waals surface area contributed by atoms with Gasteiger partial charge >= 0.3 is 0 Å². The predicted octanol–water partition coefficient (Wildman–Crippen LogP) is 2.93. The Morgan fingerprint density at radius 2 is 2.24 bits per heavy atom. The van der Waals surface area contributed by atoms with E-state index in [-0.39, 0.29) is 6.10 Å². The van der Waals surface area contributed by atoms with Crippen LogP contribution in [0.25, 0.3) is 0 Å². The topological polar surface area (TPSA) is 56.0 Å². The minimum Gasteiger partial charge on any atom is -0.393 e. The number of nitrogens with one attached hydrogen (secondary N) is 1. The van der Waals surface area contributed by atoms with E-state index in [0.717, 1.165) is 31.4 Å². The molecule has 0 heterocycles. The SMILES string of the molecule is N#Cc1ccc(NC2CCCC(O)C2)cc1Cl. The van der Waals surface area contributed by atoms with E-state index in [9.17, 15) is 5.11 Å². The van der Waals surface area contributed by atoms with Crippen LogP contribution >= 0.6 is 11.6 Å². The molecule has 1 aromatic rings. The van der Waals surface area contributed by atoms with Crippen LogP contribution in [0.4, 0.5) is 5.69 Å². The third-order valence-corrected chi connectivity index (χ3v) is 3.42. The zero-order valence-electron chi connectivity index (χ0n) is 9.49. The second kappa shape index (κ2) is 5.39. The molecular formula is C13H15ClN2O. The van der Waals surface area contributed by atoms with Crippen LogP contribution in [0.2, 0.25) is 5.02 Å². The van der Waals surface area contributed by atoms with E-state index in [4.69, 9.17) is 16.9 Å². The van der Waals surface area contributed by atoms with Crippen LogP contribution in [0.1, 0.15) is 31.2 Å². The van der Waals surface area contributed by atoms with Gasteiger partial charge in [0.25, 0.3) is 0 Å². The van der Waals surface area contributed by atoms with Crippen LogP contribution in [0.15, 0.2) is 18.2 Å². The van der Waals surface area contributed by atoms with Crippen molar-refractivity contribution < 1.29 is 5.11 Å². The highest BCUT2D eigenvalue weighted by atomic mass is 35.5. The lowest BCUT2D eigenvalue weighted by atomic mass is 9.93. The Morgan fingerprint density at radius 1 is 1.41 bits per heavy atom. The zero-order valence-corrected chi connectivity index (χ0v) is 10.2. The van der Waals surface area contributed by atoms with Gasteiger partial charge in [0.1, 0.15) is 6.07 Å². The van der Waals surface area contributed by atoms with E-state index in [1.54, 1.807) is 12.1 Å². The summed E-state index contributed by atoms with van der Waals surface area (Å²) in [5, 5.41) is 22.2. The average Bonchev–Trinajstić information content (AvgIpc) is 2.29. The van der Waals surface area contributed by atoms with Gasteiger partial charge in [-0.05, 0) is 43.9 Å². The molecule has 1 fully saturated rings. The Hall–Kier alpha value is -1.24. The number of hydrogen-bond donors (Lipinski definition) is 2. The summed E-state index contributed by atoms with van der Waals surface area (Å²) in [4.78, 5) is 0. The quantitative estimate of drug-likeness (QED) is 0.849. The third-order valence-electron chi connectivity index (χ3n) is 3.11. The van der Waals surface area contributed by atoms with Crippen LogP contribution < -0.4 is 5.32 Å². The van der Waals surface area contributed by atoms with Crippen LogP contribution in [-0.4, -0.2) is 17.3 Å². The molecule has 2 atom stereocenters. The Balaban J connectivity index is 2.04. The standard InChI is InChI=1S/C13H15ClN2O/c14-13-7-11(5-4-9(13)8-15)16-10-2-1-3-12(17)6-10/h4-5,7,10,12,16-17H,1-3,6H2. The number of anilines is 1. The maximum Gasteiger partial charge on any atom is 0.101 e. The molecule has 1 saturated carbocycles. The number of nitriles is 1. The molecule has 0 radical (unpaired) electrons. The van der Waals surface area contributed by atoms with E-state index in [2.05, 4.69) is 5.32 Å². The highest BCUT2D eigenvalue weighted by molar-refractivity contribution is 6.32. The van der Waals surface area contributed by atoms with Gasteiger partial charge in [0, 0.05) is 11.7 Å². The van der Waals surface area contributed by atoms with Gasteiger partial charge in [-0.15, -0.1) is 0 Å². The molecule has 0 saturated heterocycles. The van der Waals surface area contributed by atoms with Gasteiger partial charge in [-0.25, -0.2) is 0 Å². The van der Waals surface area contributed by atoms with Gasteiger partial charge in [-0.2, -0.15) is 5.26 Å². The van der Waals surface area contributed by atoms with E-state index in [1.807, 2.05) is 12.1 Å². The lowest BCUT2D eigenvalue weighted by molar-refractivity contribution is 0.124. The summed E-state index contributed by atoms with van der Waals surface area (Å²) in [5.41, 5.74) is 1.40. The molecule has 0 aliphatic heterocycles. The molecule has 2 N–H and O–H groups in total. The summed E-state index contributed by atoms with van der Waals surface area (Å²) in [6, 6.07) is 7.66. The minimum absolute atomic E-state index is 0.199. The summed E-state index contributed by atoms with van der Waals surface area (Å²) in [7, 11) is 0. The maximum absolute atomic E-state index is 9.59. The van der Waals surface area contributed by atoms with Gasteiger partial charge in [0.05, 0.1) is 16.7 Å². The second-order valence-corrected chi connectivity index (χ2v) is 4.88. The predicted molar refractivity (Wildman–Crippen MR) is 68.1 cm³/mol. The third kappa shape index (κ3) is 3.12. The first kappa shape index (κ1) is 12.2. The average molecular weight is 251 g/mol. The molecule has 4 heteroatoms. The zero-order chi connectivity index (χ0) is 12.3. The summed E-state index contributed by atoms with van der Waals surface area (Å²) in [6.07, 6.45) is 3.58. The van der Waals surface area contributed by atoms with Crippen molar-refractivity contribution in [2.75, 3.05) is 5.32 Å². The lowest BCUT2D eigenvalue weighted by Gasteiger charge is -2.27. The number of halogens is 1. The largest absolute Gasteiger partial charge is 0.393 e. The van der Waals surface area contributed by atoms with Crippen LogP contribution in [0.3, 0.4) is 0 Å². The summed E-state index contributed by atoms with van der Waals surface area (Å²) in [6.45, 7) is 0. The highest BCUT2D eigenvalue weighted by Gasteiger charge is 2.19. The first-order valence-corrected chi connectivity index (χ1v) is 6.21. The van der Waals surface area contributed by atoms with Crippen LogP contribution in [-0.2, 0) is 0 Å². The second-order valence-electron chi connectivity index (χ2n) is 4.47. The fourth-order valence-corrected chi connectivity index (χ4v) is 2.45. The van der Waals surface area contributed by atoms with Gasteiger partial charge in [-0.3, -0.25) is 0 Å². The molecule has 0 aromatic heterocycles. The Kier molecular flexibility index (Phi) is 3.88. The minimum atomic E-state index is -0.199. The maximum atomic E-state index is 9.59. The van der Waals surface area contributed by atoms with Gasteiger partial charge in [0.15, 0.2) is 0 Å². The smallest absolute Gasteiger partial charge is 0.101 e. The van der Waals surface area contributed by atoms with Crippen molar-refractivity contribution in [1.29, 1.82) is 5.26 Å². The molecular weight excluding hydrogens is 236 g/mol. The number of aliphatic hydroxyl groups is 1. The Labute approximate surface area is 106 Å². The molecule has 1 aromatic carbocycles. The van der Waals surface area contributed by atoms with Crippen molar-refractivity contribution in [3.63, 3.8) is 0 Å². The van der Waals surface area contributed by atoms with E-state index < -0.39 is 0 Å². The lowest BCUT2D eigenvalue weighted by Crippen LogP contribution is -2.29. The molecule has 17 heavy (non-hydrogen) atoms. The molecule has 90 valence electrons. The van der Waals surface area contributed by atoms with Crippen LogP contribution in [0, 0.1) is 11.3 Å².